The molecule has 13 heteroatoms. The Morgan fingerprint density at radius 3 is 2.41 bits per heavy atom. The number of aryl methyl sites for hydroxylation is 2. The third-order valence-corrected chi connectivity index (χ3v) is 3.05. The molecule has 0 spiro atoms. The van der Waals surface area contributed by atoms with E-state index >= 15 is 0 Å². The number of unbranched alkanes of at least 4 members (excludes halogenated alkanes) is 1. The first-order valence-corrected chi connectivity index (χ1v) is 7.64. The van der Waals surface area contributed by atoms with Crippen molar-refractivity contribution < 1.29 is 27.9 Å². The van der Waals surface area contributed by atoms with Crippen molar-refractivity contribution in [2.45, 2.75) is 32.0 Å². The molecule has 0 aliphatic carbocycles. The molecule has 10 nitrogen and oxygen atoms in total. The Bertz CT molecular complexity index is 747. The van der Waals surface area contributed by atoms with Crippen LogP contribution in [0, 0.1) is 0 Å². The number of anilines is 1. The number of carbonyl (C=O) groups is 2. The average Bonchev–Trinajstić information content (AvgIpc) is 3.08. The quantitative estimate of drug-likeness (QED) is 0.610. The Balaban J connectivity index is 0.000000445. The van der Waals surface area contributed by atoms with Crippen molar-refractivity contribution in [2.75, 3.05) is 12.8 Å². The van der Waals surface area contributed by atoms with Crippen LogP contribution >= 0.6 is 0 Å². The highest BCUT2D eigenvalue weighted by Crippen LogP contribution is 2.13. The van der Waals surface area contributed by atoms with Gasteiger partial charge in [0, 0.05) is 13.6 Å². The van der Waals surface area contributed by atoms with Crippen molar-refractivity contribution in [1.82, 2.24) is 30.5 Å². The fraction of sp³-hybridized carbons (Fsp3) is 0.429. The number of carboxylic acids is 1. The highest BCUT2D eigenvalue weighted by molar-refractivity contribution is 5.91. The van der Waals surface area contributed by atoms with E-state index in [2.05, 4.69) is 25.8 Å². The van der Waals surface area contributed by atoms with E-state index in [0.29, 0.717) is 18.1 Å². The fourth-order valence-electron chi connectivity index (χ4n) is 1.72. The highest BCUT2D eigenvalue weighted by atomic mass is 19.4. The van der Waals surface area contributed by atoms with Gasteiger partial charge in [-0.25, -0.2) is 4.79 Å². The van der Waals surface area contributed by atoms with Gasteiger partial charge >= 0.3 is 12.1 Å². The molecule has 0 fully saturated rings. The van der Waals surface area contributed by atoms with Crippen molar-refractivity contribution in [2.24, 2.45) is 0 Å². The molecule has 0 aliphatic heterocycles. The lowest BCUT2D eigenvalue weighted by Crippen LogP contribution is -2.21. The van der Waals surface area contributed by atoms with Gasteiger partial charge in [0.1, 0.15) is 5.82 Å². The second kappa shape index (κ2) is 10.0. The molecule has 0 bridgehead atoms. The summed E-state index contributed by atoms with van der Waals surface area (Å²) in [6.45, 7) is 0.715. The molecule has 0 atom stereocenters. The second-order valence-electron chi connectivity index (χ2n) is 5.16. The number of hydrogen-bond donors (Lipinski definition) is 3. The van der Waals surface area contributed by atoms with Crippen LogP contribution in [-0.2, 0) is 17.8 Å². The maximum absolute atomic E-state index is 11.3. The molecular formula is C14H18F3N7O3. The zero-order chi connectivity index (χ0) is 20.4. The first-order chi connectivity index (χ1) is 12.6. The number of hydrogen-bond acceptors (Lipinski definition) is 7. The molecule has 148 valence electrons. The first-order valence-electron chi connectivity index (χ1n) is 7.64. The van der Waals surface area contributed by atoms with E-state index in [-0.39, 0.29) is 5.91 Å². The molecule has 0 saturated carbocycles. The molecular weight excluding hydrogens is 371 g/mol. The summed E-state index contributed by atoms with van der Waals surface area (Å²) in [7, 11) is 1.56. The topological polar surface area (TPSA) is 149 Å². The number of aromatic nitrogens is 5. The summed E-state index contributed by atoms with van der Waals surface area (Å²) in [6.07, 6.45) is -0.734. The smallest absolute Gasteiger partial charge is 0.475 e. The zero-order valence-corrected chi connectivity index (χ0v) is 14.3. The van der Waals surface area contributed by atoms with E-state index < -0.39 is 12.1 Å². The number of halogens is 3. The van der Waals surface area contributed by atoms with E-state index in [0.717, 1.165) is 25.0 Å². The Hall–Kier alpha value is -3.25. The van der Waals surface area contributed by atoms with Crippen LogP contribution in [0.15, 0.2) is 18.3 Å². The third kappa shape index (κ3) is 8.11. The van der Waals surface area contributed by atoms with Crippen LogP contribution < -0.4 is 11.1 Å². The predicted octanol–water partition coefficient (Wildman–Crippen LogP) is 0.666. The molecule has 27 heavy (non-hydrogen) atoms. The van der Waals surface area contributed by atoms with Gasteiger partial charge in [0.2, 0.25) is 0 Å². The Morgan fingerprint density at radius 2 is 1.89 bits per heavy atom. The number of nitrogens with one attached hydrogen (secondary N) is 1. The number of amides is 1. The Kier molecular flexibility index (Phi) is 8.10. The summed E-state index contributed by atoms with van der Waals surface area (Å²) >= 11 is 0. The maximum atomic E-state index is 11.3. The van der Waals surface area contributed by atoms with E-state index in [9.17, 15) is 18.0 Å². The lowest BCUT2D eigenvalue weighted by atomic mass is 10.2. The number of aliphatic carboxylic acids is 1. The lowest BCUT2D eigenvalue weighted by molar-refractivity contribution is -0.192. The van der Waals surface area contributed by atoms with Gasteiger partial charge in [-0.1, -0.05) is 5.21 Å². The zero-order valence-electron chi connectivity index (χ0n) is 14.3. The van der Waals surface area contributed by atoms with Crippen LogP contribution in [0.2, 0.25) is 0 Å². The number of carbonyl (C=O) groups excluding carboxylic acids is 1. The van der Waals surface area contributed by atoms with E-state index in [1.54, 1.807) is 24.0 Å². The molecule has 2 heterocycles. The van der Waals surface area contributed by atoms with Gasteiger partial charge in [-0.3, -0.25) is 9.48 Å². The van der Waals surface area contributed by atoms with Gasteiger partial charge in [0.15, 0.2) is 5.69 Å². The van der Waals surface area contributed by atoms with Crippen molar-refractivity contribution in [3.05, 3.63) is 29.7 Å². The van der Waals surface area contributed by atoms with Gasteiger partial charge in [0.05, 0.1) is 11.9 Å². The molecule has 2 rings (SSSR count). The van der Waals surface area contributed by atoms with E-state index in [4.69, 9.17) is 15.6 Å². The molecule has 2 aromatic heterocycles. The highest BCUT2D eigenvalue weighted by Gasteiger charge is 2.38. The maximum Gasteiger partial charge on any atom is 0.490 e. The van der Waals surface area contributed by atoms with Gasteiger partial charge in [-0.2, -0.15) is 18.3 Å². The second-order valence-corrected chi connectivity index (χ2v) is 5.16. The molecule has 2 aromatic rings. The van der Waals surface area contributed by atoms with Gasteiger partial charge < -0.3 is 16.2 Å². The van der Waals surface area contributed by atoms with Gasteiger partial charge in [-0.15, -0.1) is 10.2 Å². The summed E-state index contributed by atoms with van der Waals surface area (Å²) in [5.41, 5.74) is 6.72. The Labute approximate surface area is 151 Å². The minimum atomic E-state index is -5.08. The van der Waals surface area contributed by atoms with Crippen LogP contribution in [0.3, 0.4) is 0 Å². The van der Waals surface area contributed by atoms with Gasteiger partial charge in [-0.05, 0) is 31.4 Å². The SMILES string of the molecule is CNC(=O)c1cn(CCCCc2ccc(N)nn2)nn1.O=C(O)C(F)(F)F. The molecule has 0 aromatic carbocycles. The number of carboxylic acid groups (broad SMARTS) is 1. The minimum Gasteiger partial charge on any atom is -0.475 e. The van der Waals surface area contributed by atoms with E-state index in [1.807, 2.05) is 6.07 Å². The Morgan fingerprint density at radius 1 is 1.22 bits per heavy atom. The summed E-state index contributed by atoms with van der Waals surface area (Å²) < 4.78 is 33.4. The minimum absolute atomic E-state index is 0.228. The van der Waals surface area contributed by atoms with Crippen molar-refractivity contribution in [1.29, 1.82) is 0 Å². The van der Waals surface area contributed by atoms with Crippen molar-refractivity contribution >= 4 is 17.7 Å². The van der Waals surface area contributed by atoms with Crippen molar-refractivity contribution in [3.8, 4) is 0 Å². The average molecular weight is 389 g/mol. The normalized spacial score (nSPS) is 10.7. The molecule has 0 saturated heterocycles. The predicted molar refractivity (Wildman–Crippen MR) is 86.5 cm³/mol. The molecule has 1 amide bonds. The fourth-order valence-corrected chi connectivity index (χ4v) is 1.72. The molecule has 0 aliphatic rings. The monoisotopic (exact) mass is 389 g/mol. The summed E-state index contributed by atoms with van der Waals surface area (Å²) in [5, 5.41) is 25.1. The largest absolute Gasteiger partial charge is 0.490 e. The van der Waals surface area contributed by atoms with Crippen LogP contribution in [0.25, 0.3) is 0 Å². The third-order valence-electron chi connectivity index (χ3n) is 3.05. The summed E-state index contributed by atoms with van der Waals surface area (Å²) in [4.78, 5) is 20.2. The molecule has 0 unspecified atom stereocenters. The van der Waals surface area contributed by atoms with Crippen LogP contribution in [0.1, 0.15) is 29.0 Å². The summed E-state index contributed by atoms with van der Waals surface area (Å²) in [6, 6.07) is 3.62. The molecule has 4 N–H and O–H groups in total. The van der Waals surface area contributed by atoms with Gasteiger partial charge in [0.25, 0.3) is 5.91 Å². The van der Waals surface area contributed by atoms with Crippen LogP contribution in [0.5, 0.6) is 0 Å². The number of nitrogens with two attached hydrogens (primary N) is 1. The number of nitrogens with zero attached hydrogens (tertiary/aromatic N) is 5. The molecule has 0 radical (unpaired) electrons. The lowest BCUT2D eigenvalue weighted by Gasteiger charge is -2.01. The van der Waals surface area contributed by atoms with E-state index in [1.165, 1.54) is 0 Å². The standard InChI is InChI=1S/C12H17N7O.C2HF3O2/c1-14-12(20)10-8-19(18-16-10)7-3-2-4-9-5-6-11(13)17-15-9;3-2(4,5)1(6)7/h5-6,8H,2-4,7H2,1H3,(H2,13,17)(H,14,20);(H,6,7). The number of alkyl halides is 3. The summed E-state index contributed by atoms with van der Waals surface area (Å²) in [5.74, 6) is -2.56. The number of nitrogen functional groups attached to an aromatic ring is 1. The van der Waals surface area contributed by atoms with Crippen molar-refractivity contribution in [3.63, 3.8) is 0 Å². The van der Waals surface area contributed by atoms with Crippen LogP contribution in [-0.4, -0.2) is 55.4 Å². The van der Waals surface area contributed by atoms with Crippen LogP contribution in [0.4, 0.5) is 19.0 Å². The first kappa shape index (κ1) is 21.8. The number of rotatable bonds is 6.